The van der Waals surface area contributed by atoms with Crippen molar-refractivity contribution in [1.82, 2.24) is 0 Å². The van der Waals surface area contributed by atoms with Crippen LogP contribution in [0.4, 0.5) is 0 Å². The Morgan fingerprint density at radius 2 is 1.65 bits per heavy atom. The molecule has 0 aromatic heterocycles. The van der Waals surface area contributed by atoms with Crippen molar-refractivity contribution in [1.29, 1.82) is 0 Å². The van der Waals surface area contributed by atoms with Gasteiger partial charge in [0.15, 0.2) is 16.6 Å². The van der Waals surface area contributed by atoms with Crippen LogP contribution in [0.2, 0.25) is 36.3 Å². The number of ether oxygens (including phenoxy) is 1. The highest BCUT2D eigenvalue weighted by Crippen LogP contribution is 2.63. The van der Waals surface area contributed by atoms with Gasteiger partial charge in [-0.2, -0.15) is 0 Å². The van der Waals surface area contributed by atoms with E-state index in [1.807, 2.05) is 0 Å². The molecule has 0 bridgehead atoms. The molecule has 3 rings (SSSR count). The van der Waals surface area contributed by atoms with Crippen molar-refractivity contribution in [3.63, 3.8) is 0 Å². The van der Waals surface area contributed by atoms with Crippen LogP contribution in [0.25, 0.3) is 0 Å². The van der Waals surface area contributed by atoms with Crippen LogP contribution < -0.4 is 0 Å². The summed E-state index contributed by atoms with van der Waals surface area (Å²) < 4.78 is 20.2. The highest BCUT2D eigenvalue weighted by Gasteiger charge is 2.71. The van der Waals surface area contributed by atoms with Gasteiger partial charge in [0.1, 0.15) is 5.60 Å². The number of rotatable bonds is 12. The standard InChI is InChI=1S/C31H58O4Si2/c1-13-15-18-30(14-2,35-37(11,12)29(6,7)8)19-16-17-23-25-21-31(22-32)27(33-31)24(25)20-26(23)34-36(9,10)28(3,4)5/h14,16-17,23-27,32H,2,13,15,18-22H2,1,3-12H3/t23-,24-,25+,26+,27?,30?,31?/m0/s1. The second-order valence-corrected chi connectivity index (χ2v) is 24.9. The Hall–Kier alpha value is -0.246. The van der Waals surface area contributed by atoms with Crippen molar-refractivity contribution < 1.29 is 18.7 Å². The van der Waals surface area contributed by atoms with Gasteiger partial charge in [0.25, 0.3) is 0 Å². The Morgan fingerprint density at radius 3 is 2.16 bits per heavy atom. The zero-order valence-corrected chi connectivity index (χ0v) is 27.9. The zero-order chi connectivity index (χ0) is 28.1. The topological polar surface area (TPSA) is 51.2 Å². The molecule has 3 fully saturated rings. The summed E-state index contributed by atoms with van der Waals surface area (Å²) in [7, 11) is -3.87. The molecule has 7 atom stereocenters. The maximum atomic E-state index is 10.0. The summed E-state index contributed by atoms with van der Waals surface area (Å²) in [6.45, 7) is 30.0. The molecule has 0 aromatic carbocycles. The average molecular weight is 551 g/mol. The molecule has 6 heteroatoms. The molecule has 1 aliphatic heterocycles. The van der Waals surface area contributed by atoms with E-state index in [9.17, 15) is 5.11 Å². The number of fused-ring (bicyclic) bond motifs is 3. The predicted molar refractivity (Wildman–Crippen MR) is 161 cm³/mol. The van der Waals surface area contributed by atoms with E-state index in [1.54, 1.807) is 0 Å². The minimum Gasteiger partial charge on any atom is -0.413 e. The molecule has 1 N–H and O–H groups in total. The third kappa shape index (κ3) is 6.25. The lowest BCUT2D eigenvalue weighted by Crippen LogP contribution is -2.49. The summed E-state index contributed by atoms with van der Waals surface area (Å²) in [6.07, 6.45) is 13.5. The van der Waals surface area contributed by atoms with Crippen LogP contribution in [0.5, 0.6) is 0 Å². The van der Waals surface area contributed by atoms with E-state index in [0.29, 0.717) is 17.8 Å². The van der Waals surface area contributed by atoms with Crippen LogP contribution in [-0.4, -0.2) is 51.8 Å². The van der Waals surface area contributed by atoms with E-state index >= 15 is 0 Å². The van der Waals surface area contributed by atoms with Gasteiger partial charge in [-0.25, -0.2) is 0 Å². The van der Waals surface area contributed by atoms with E-state index < -0.39 is 16.6 Å². The van der Waals surface area contributed by atoms with Crippen molar-refractivity contribution in [2.75, 3.05) is 6.61 Å². The minimum atomic E-state index is -1.97. The molecule has 0 spiro atoms. The first-order valence-corrected chi connectivity index (χ1v) is 20.7. The maximum Gasteiger partial charge on any atom is 0.193 e. The molecule has 0 radical (unpaired) electrons. The van der Waals surface area contributed by atoms with Gasteiger partial charge in [0, 0.05) is 5.92 Å². The summed E-state index contributed by atoms with van der Waals surface area (Å²) >= 11 is 0. The van der Waals surface area contributed by atoms with Crippen LogP contribution in [0, 0.1) is 17.8 Å². The smallest absolute Gasteiger partial charge is 0.193 e. The van der Waals surface area contributed by atoms with Crippen LogP contribution in [-0.2, 0) is 13.6 Å². The van der Waals surface area contributed by atoms with Crippen LogP contribution in [0.1, 0.15) is 87.0 Å². The van der Waals surface area contributed by atoms with E-state index in [-0.39, 0.29) is 40.1 Å². The Kier molecular flexibility index (Phi) is 8.98. The Balaban J connectivity index is 1.85. The lowest BCUT2D eigenvalue weighted by molar-refractivity contribution is 0.0919. The summed E-state index contributed by atoms with van der Waals surface area (Å²) in [6, 6.07) is 0. The molecule has 1 saturated heterocycles. The molecule has 3 unspecified atom stereocenters. The largest absolute Gasteiger partial charge is 0.413 e. The summed E-state index contributed by atoms with van der Waals surface area (Å²) in [5.41, 5.74) is -0.600. The first kappa shape index (κ1) is 31.3. The third-order valence-electron chi connectivity index (χ3n) is 10.7. The van der Waals surface area contributed by atoms with Gasteiger partial charge in [-0.1, -0.05) is 79.5 Å². The average Bonchev–Trinajstić information content (AvgIpc) is 3.28. The van der Waals surface area contributed by atoms with E-state index in [4.69, 9.17) is 13.6 Å². The minimum absolute atomic E-state index is 0.145. The normalized spacial score (nSPS) is 33.9. The first-order valence-electron chi connectivity index (χ1n) is 14.8. The lowest BCUT2D eigenvalue weighted by atomic mass is 9.87. The number of aliphatic hydroxyl groups excluding tert-OH is 1. The molecular formula is C31H58O4Si2. The quantitative estimate of drug-likeness (QED) is 0.151. The van der Waals surface area contributed by atoms with E-state index in [2.05, 4.69) is 99.5 Å². The molecule has 4 nitrogen and oxygen atoms in total. The molecule has 0 amide bonds. The predicted octanol–water partition coefficient (Wildman–Crippen LogP) is 8.25. The second-order valence-electron chi connectivity index (χ2n) is 15.4. The molecule has 214 valence electrons. The van der Waals surface area contributed by atoms with Crippen LogP contribution in [0.15, 0.2) is 24.8 Å². The van der Waals surface area contributed by atoms with Crippen molar-refractivity contribution in [3.8, 4) is 0 Å². The van der Waals surface area contributed by atoms with E-state index in [0.717, 1.165) is 38.5 Å². The van der Waals surface area contributed by atoms with E-state index in [1.165, 1.54) is 0 Å². The number of epoxide rings is 1. The van der Waals surface area contributed by atoms with Gasteiger partial charge >= 0.3 is 0 Å². The monoisotopic (exact) mass is 550 g/mol. The van der Waals surface area contributed by atoms with Crippen molar-refractivity contribution in [2.24, 2.45) is 17.8 Å². The Morgan fingerprint density at radius 1 is 1.03 bits per heavy atom. The third-order valence-corrected chi connectivity index (χ3v) is 19.7. The lowest BCUT2D eigenvalue weighted by Gasteiger charge is -2.44. The highest BCUT2D eigenvalue weighted by molar-refractivity contribution is 6.74. The van der Waals surface area contributed by atoms with Crippen molar-refractivity contribution >= 4 is 16.6 Å². The van der Waals surface area contributed by atoms with Gasteiger partial charge in [-0.15, -0.1) is 6.58 Å². The SMILES string of the molecule is C=CC(CC=C[C@H]1[C@H]2CC3(CO)OC3[C@H]2C[C@H]1O[Si](C)(C)C(C)(C)C)(CCCC)O[Si](C)(C)C(C)(C)C. The molecule has 2 aliphatic carbocycles. The van der Waals surface area contributed by atoms with Gasteiger partial charge in [-0.3, -0.25) is 0 Å². The fourth-order valence-electron chi connectivity index (χ4n) is 6.18. The zero-order valence-electron chi connectivity index (χ0n) is 25.9. The Labute approximate surface area is 230 Å². The molecule has 1 heterocycles. The summed E-state index contributed by atoms with van der Waals surface area (Å²) in [5.74, 6) is 1.37. The van der Waals surface area contributed by atoms with Crippen LogP contribution in [0.3, 0.4) is 0 Å². The number of aliphatic hydroxyl groups is 1. The number of unbranched alkanes of at least 4 members (excludes halogenated alkanes) is 1. The maximum absolute atomic E-state index is 10.0. The highest BCUT2D eigenvalue weighted by atomic mass is 28.4. The second kappa shape index (κ2) is 10.6. The van der Waals surface area contributed by atoms with Gasteiger partial charge in [0.2, 0.25) is 0 Å². The number of hydrogen-bond acceptors (Lipinski definition) is 4. The molecule has 2 saturated carbocycles. The van der Waals surface area contributed by atoms with Crippen LogP contribution >= 0.6 is 0 Å². The fourth-order valence-corrected chi connectivity index (χ4v) is 9.14. The first-order chi connectivity index (χ1) is 16.9. The number of hydrogen-bond donors (Lipinski definition) is 1. The summed E-state index contributed by atoms with van der Waals surface area (Å²) in [5, 5.41) is 10.4. The van der Waals surface area contributed by atoms with Gasteiger partial charge in [0.05, 0.1) is 24.4 Å². The molecule has 3 aliphatic rings. The Bertz CT molecular complexity index is 839. The van der Waals surface area contributed by atoms with Gasteiger partial charge in [-0.05, 0) is 73.8 Å². The molecular weight excluding hydrogens is 493 g/mol. The fraction of sp³-hybridized carbons (Fsp3) is 0.871. The summed E-state index contributed by atoms with van der Waals surface area (Å²) in [4.78, 5) is 0. The van der Waals surface area contributed by atoms with Crippen molar-refractivity contribution in [2.45, 2.75) is 147 Å². The van der Waals surface area contributed by atoms with Gasteiger partial charge < -0.3 is 18.7 Å². The molecule has 37 heavy (non-hydrogen) atoms. The van der Waals surface area contributed by atoms with Crippen molar-refractivity contribution in [3.05, 3.63) is 24.8 Å². The molecule has 0 aromatic rings.